The highest BCUT2D eigenvalue weighted by molar-refractivity contribution is 7.92. The van der Waals surface area contributed by atoms with Gasteiger partial charge in [-0.2, -0.15) is 0 Å². The number of para-hydroxylation sites is 1. The summed E-state index contributed by atoms with van der Waals surface area (Å²) in [5.74, 6) is -0.608. The Balaban J connectivity index is 2.10. The van der Waals surface area contributed by atoms with Crippen molar-refractivity contribution in [2.75, 3.05) is 11.4 Å². The molecule has 0 fully saturated rings. The molecule has 3 rings (SSSR count). The lowest BCUT2D eigenvalue weighted by Gasteiger charge is -2.25. The first-order valence-electron chi connectivity index (χ1n) is 8.58. The number of rotatable bonds is 7. The Hall–Kier alpha value is -3.17. The van der Waals surface area contributed by atoms with Crippen molar-refractivity contribution in [2.24, 2.45) is 0 Å². The molecule has 0 unspecified atom stereocenters. The maximum absolute atomic E-state index is 14.1. The monoisotopic (exact) mass is 450 g/mol. The number of anilines is 1. The zero-order chi connectivity index (χ0) is 21.9. The van der Waals surface area contributed by atoms with Gasteiger partial charge in [-0.1, -0.05) is 35.9 Å². The molecule has 0 N–H and O–H groups in total. The third-order valence-electron chi connectivity index (χ3n) is 4.29. The lowest BCUT2D eigenvalue weighted by molar-refractivity contribution is -0.384. The number of nitrogens with zero attached hydrogens (tertiary/aromatic N) is 2. The van der Waals surface area contributed by atoms with Gasteiger partial charge in [-0.25, -0.2) is 12.8 Å². The van der Waals surface area contributed by atoms with E-state index in [2.05, 4.69) is 0 Å². The highest BCUT2D eigenvalue weighted by Gasteiger charge is 2.28. The van der Waals surface area contributed by atoms with Gasteiger partial charge in [0.2, 0.25) is 0 Å². The van der Waals surface area contributed by atoms with Gasteiger partial charge in [-0.3, -0.25) is 14.4 Å². The van der Waals surface area contributed by atoms with Gasteiger partial charge in [0.15, 0.2) is 11.6 Å². The Bertz CT molecular complexity index is 1190. The van der Waals surface area contributed by atoms with Gasteiger partial charge in [0, 0.05) is 6.07 Å². The largest absolute Gasteiger partial charge is 0.494 e. The van der Waals surface area contributed by atoms with E-state index in [4.69, 9.17) is 16.3 Å². The molecule has 0 saturated heterocycles. The number of ether oxygens (including phenoxy) is 1. The number of nitro benzene ring substituents is 1. The quantitative estimate of drug-likeness (QED) is 0.381. The molecule has 0 atom stereocenters. The summed E-state index contributed by atoms with van der Waals surface area (Å²) in [6, 6.07) is 15.5. The van der Waals surface area contributed by atoms with Crippen molar-refractivity contribution >= 4 is 33.0 Å². The van der Waals surface area contributed by atoms with Crippen LogP contribution < -0.4 is 9.04 Å². The van der Waals surface area contributed by atoms with E-state index in [1.54, 1.807) is 30.3 Å². The van der Waals surface area contributed by atoms with Crippen LogP contribution in [0.2, 0.25) is 5.02 Å². The third-order valence-corrected chi connectivity index (χ3v) is 6.38. The van der Waals surface area contributed by atoms with Crippen LogP contribution in [0.3, 0.4) is 0 Å². The molecule has 3 aromatic rings. The maximum atomic E-state index is 14.1. The summed E-state index contributed by atoms with van der Waals surface area (Å²) < 4.78 is 46.8. The molecule has 0 aliphatic heterocycles. The average Bonchev–Trinajstić information content (AvgIpc) is 2.72. The first kappa shape index (κ1) is 21.5. The number of sulfonamides is 1. The Labute approximate surface area is 177 Å². The molecule has 0 spiro atoms. The van der Waals surface area contributed by atoms with E-state index in [0.29, 0.717) is 11.3 Å². The molecule has 0 bridgehead atoms. The van der Waals surface area contributed by atoms with E-state index in [-0.39, 0.29) is 22.2 Å². The lowest BCUT2D eigenvalue weighted by Crippen LogP contribution is -2.30. The molecule has 0 aromatic heterocycles. The summed E-state index contributed by atoms with van der Waals surface area (Å²) in [6.07, 6.45) is 0. The van der Waals surface area contributed by atoms with Crippen molar-refractivity contribution in [3.05, 3.63) is 93.2 Å². The number of benzene rings is 3. The minimum atomic E-state index is -4.24. The Morgan fingerprint density at radius 2 is 1.80 bits per heavy atom. The van der Waals surface area contributed by atoms with E-state index in [9.17, 15) is 22.9 Å². The standard InChI is InChI=1S/C20H16ClFN2O5S/c1-29-20-10-7-14(11-18(20)22)13-23(15-5-3-2-4-6-15)30(27,28)16-8-9-17(21)19(12-16)24(25)26/h2-12H,13H2,1H3. The smallest absolute Gasteiger partial charge is 0.289 e. The fourth-order valence-corrected chi connectivity index (χ4v) is 4.46. The molecular formula is C20H16ClFN2O5S. The summed E-state index contributed by atoms with van der Waals surface area (Å²) >= 11 is 5.81. The van der Waals surface area contributed by atoms with E-state index < -0.39 is 26.5 Å². The zero-order valence-electron chi connectivity index (χ0n) is 15.7. The number of halogens is 2. The molecule has 7 nitrogen and oxygen atoms in total. The zero-order valence-corrected chi connectivity index (χ0v) is 17.2. The van der Waals surface area contributed by atoms with Gasteiger partial charge in [0.1, 0.15) is 5.02 Å². The van der Waals surface area contributed by atoms with Crippen molar-refractivity contribution in [3.8, 4) is 5.75 Å². The molecule has 0 saturated carbocycles. The second-order valence-electron chi connectivity index (χ2n) is 6.19. The van der Waals surface area contributed by atoms with Crippen LogP contribution in [0.4, 0.5) is 15.8 Å². The topological polar surface area (TPSA) is 89.8 Å². The molecule has 0 heterocycles. The SMILES string of the molecule is COc1ccc(CN(c2ccccc2)S(=O)(=O)c2ccc(Cl)c([N+](=O)[O-])c2)cc1F. The third kappa shape index (κ3) is 4.37. The lowest BCUT2D eigenvalue weighted by atomic mass is 10.2. The first-order valence-corrected chi connectivity index (χ1v) is 10.4. The maximum Gasteiger partial charge on any atom is 0.289 e. The molecule has 0 aliphatic rings. The molecule has 3 aromatic carbocycles. The van der Waals surface area contributed by atoms with Gasteiger partial charge in [0.05, 0.1) is 29.2 Å². The highest BCUT2D eigenvalue weighted by Crippen LogP contribution is 2.31. The van der Waals surface area contributed by atoms with E-state index in [0.717, 1.165) is 16.4 Å². The normalized spacial score (nSPS) is 11.2. The molecule has 0 amide bonds. The average molecular weight is 451 g/mol. The Morgan fingerprint density at radius 3 is 2.40 bits per heavy atom. The predicted octanol–water partition coefficient (Wildman–Crippen LogP) is 4.79. The molecular weight excluding hydrogens is 435 g/mol. The van der Waals surface area contributed by atoms with E-state index >= 15 is 0 Å². The summed E-state index contributed by atoms with van der Waals surface area (Å²) in [4.78, 5) is 10.1. The first-order chi connectivity index (χ1) is 14.2. The minimum Gasteiger partial charge on any atom is -0.494 e. The summed E-state index contributed by atoms with van der Waals surface area (Å²) in [7, 11) is -2.91. The van der Waals surface area contributed by atoms with E-state index in [1.165, 1.54) is 31.4 Å². The second-order valence-corrected chi connectivity index (χ2v) is 8.46. The number of hydrogen-bond acceptors (Lipinski definition) is 5. The van der Waals surface area contributed by atoms with Gasteiger partial charge < -0.3 is 4.74 Å². The number of methoxy groups -OCH3 is 1. The van der Waals surface area contributed by atoms with Crippen molar-refractivity contribution in [1.29, 1.82) is 0 Å². The van der Waals surface area contributed by atoms with Crippen LogP contribution >= 0.6 is 11.6 Å². The molecule has 10 heteroatoms. The van der Waals surface area contributed by atoms with E-state index in [1.807, 2.05) is 0 Å². The fraction of sp³-hybridized carbons (Fsp3) is 0.100. The fourth-order valence-electron chi connectivity index (χ4n) is 2.80. The number of nitro groups is 1. The van der Waals surface area contributed by atoms with Crippen LogP contribution in [-0.2, 0) is 16.6 Å². The van der Waals surface area contributed by atoms with Gasteiger partial charge >= 0.3 is 0 Å². The molecule has 30 heavy (non-hydrogen) atoms. The van der Waals surface area contributed by atoms with Crippen molar-refractivity contribution in [3.63, 3.8) is 0 Å². The Morgan fingerprint density at radius 1 is 1.10 bits per heavy atom. The molecule has 0 aliphatic carbocycles. The van der Waals surface area contributed by atoms with Crippen molar-refractivity contribution in [1.82, 2.24) is 0 Å². The van der Waals surface area contributed by atoms with Crippen molar-refractivity contribution in [2.45, 2.75) is 11.4 Å². The van der Waals surface area contributed by atoms with Crippen LogP contribution in [-0.4, -0.2) is 20.5 Å². The molecule has 156 valence electrons. The number of hydrogen-bond donors (Lipinski definition) is 0. The summed E-state index contributed by atoms with van der Waals surface area (Å²) in [5, 5.41) is 11.0. The Kier molecular flexibility index (Phi) is 6.23. The second kappa shape index (κ2) is 8.68. The van der Waals surface area contributed by atoms with Gasteiger partial charge in [-0.05, 0) is 42.0 Å². The van der Waals surface area contributed by atoms with Crippen LogP contribution in [0.5, 0.6) is 5.75 Å². The van der Waals surface area contributed by atoms with Crippen LogP contribution in [0.25, 0.3) is 0 Å². The van der Waals surface area contributed by atoms with Crippen molar-refractivity contribution < 1.29 is 22.5 Å². The van der Waals surface area contributed by atoms with Gasteiger partial charge in [0.25, 0.3) is 15.7 Å². The predicted molar refractivity (Wildman–Crippen MR) is 111 cm³/mol. The van der Waals surface area contributed by atoms with Crippen LogP contribution in [0.1, 0.15) is 5.56 Å². The van der Waals surface area contributed by atoms with Crippen LogP contribution in [0.15, 0.2) is 71.6 Å². The summed E-state index contributed by atoms with van der Waals surface area (Å²) in [5.41, 5.74) is 0.150. The molecule has 0 radical (unpaired) electrons. The summed E-state index contributed by atoms with van der Waals surface area (Å²) in [6.45, 7) is -0.205. The van der Waals surface area contributed by atoms with Crippen LogP contribution in [0, 0.1) is 15.9 Å². The van der Waals surface area contributed by atoms with Gasteiger partial charge in [-0.15, -0.1) is 0 Å². The minimum absolute atomic E-state index is 0.0289. The highest BCUT2D eigenvalue weighted by atomic mass is 35.5.